The molecule has 8 heteroatoms. The number of benzene rings is 1. The van der Waals surface area contributed by atoms with E-state index in [9.17, 15) is 19.1 Å². The minimum absolute atomic E-state index is 0.0404. The van der Waals surface area contributed by atoms with Crippen molar-refractivity contribution >= 4 is 22.5 Å². The van der Waals surface area contributed by atoms with Gasteiger partial charge in [-0.05, 0) is 26.0 Å². The van der Waals surface area contributed by atoms with Crippen molar-refractivity contribution < 1.29 is 14.3 Å². The van der Waals surface area contributed by atoms with Gasteiger partial charge in [-0.25, -0.2) is 4.39 Å². The number of aliphatic hydroxyl groups is 1. The van der Waals surface area contributed by atoms with Gasteiger partial charge in [0, 0.05) is 50.9 Å². The van der Waals surface area contributed by atoms with E-state index in [2.05, 4.69) is 10.6 Å². The fourth-order valence-corrected chi connectivity index (χ4v) is 3.31. The number of aliphatic hydroxyl groups excluding tert-OH is 1. The minimum atomic E-state index is -0.721. The number of hydrogen-bond donors (Lipinski definition) is 3. The number of aryl methyl sites for hydroxylation is 1. The van der Waals surface area contributed by atoms with Gasteiger partial charge in [0.1, 0.15) is 11.4 Å². The number of piperazine rings is 1. The third kappa shape index (κ3) is 3.96. The lowest BCUT2D eigenvalue weighted by atomic mass is 10.1. The van der Waals surface area contributed by atoms with Gasteiger partial charge in [0.05, 0.1) is 17.3 Å². The van der Waals surface area contributed by atoms with Crippen LogP contribution in [0.2, 0.25) is 0 Å². The molecule has 27 heavy (non-hydrogen) atoms. The van der Waals surface area contributed by atoms with Crippen LogP contribution in [-0.4, -0.2) is 54.4 Å². The third-order valence-electron chi connectivity index (χ3n) is 4.75. The molecular formula is C19H25FN4O3. The van der Waals surface area contributed by atoms with E-state index >= 15 is 0 Å². The second kappa shape index (κ2) is 8.06. The second-order valence-electron chi connectivity index (χ2n) is 6.77. The lowest BCUT2D eigenvalue weighted by Gasteiger charge is -2.30. The van der Waals surface area contributed by atoms with Crippen molar-refractivity contribution in [1.82, 2.24) is 15.2 Å². The van der Waals surface area contributed by atoms with Gasteiger partial charge in [0.15, 0.2) is 0 Å². The summed E-state index contributed by atoms with van der Waals surface area (Å²) in [5, 5.41) is 15.3. The number of halogens is 1. The maximum absolute atomic E-state index is 14.8. The van der Waals surface area contributed by atoms with Crippen LogP contribution in [0.25, 0.3) is 10.9 Å². The number of nitrogens with one attached hydrogen (secondary N) is 2. The fraction of sp³-hybridized carbons (Fsp3) is 0.474. The number of anilines is 1. The number of rotatable bonds is 5. The van der Waals surface area contributed by atoms with E-state index < -0.39 is 23.3 Å². The summed E-state index contributed by atoms with van der Waals surface area (Å²) in [4.78, 5) is 27.1. The standard InChI is InChI=1S/C19H25FN4O3/c1-3-23-11-14(19(27)22-10-12(2)25)18(26)13-8-15(20)17(9-16(13)23)24-6-4-21-5-7-24/h8-9,11-12,21,25H,3-7,10H2,1-2H3,(H,22,27). The van der Waals surface area contributed by atoms with Gasteiger partial charge in [-0.15, -0.1) is 0 Å². The van der Waals surface area contributed by atoms with Gasteiger partial charge in [-0.1, -0.05) is 0 Å². The lowest BCUT2D eigenvalue weighted by Crippen LogP contribution is -2.44. The molecular weight excluding hydrogens is 351 g/mol. The van der Waals surface area contributed by atoms with E-state index in [1.807, 2.05) is 11.8 Å². The first-order valence-electron chi connectivity index (χ1n) is 9.21. The normalized spacial score (nSPS) is 15.8. The van der Waals surface area contributed by atoms with Crippen LogP contribution in [-0.2, 0) is 6.54 Å². The summed E-state index contributed by atoms with van der Waals surface area (Å²) in [7, 11) is 0. The highest BCUT2D eigenvalue weighted by Gasteiger charge is 2.20. The molecule has 1 saturated heterocycles. The van der Waals surface area contributed by atoms with Crippen molar-refractivity contribution in [3.63, 3.8) is 0 Å². The molecule has 3 rings (SSSR count). The Morgan fingerprint density at radius 3 is 2.70 bits per heavy atom. The Bertz CT molecular complexity index is 904. The van der Waals surface area contributed by atoms with Crippen LogP contribution in [0.1, 0.15) is 24.2 Å². The zero-order chi connectivity index (χ0) is 19.6. The molecule has 1 amide bonds. The summed E-state index contributed by atoms with van der Waals surface area (Å²) in [6.07, 6.45) is 0.781. The van der Waals surface area contributed by atoms with Gasteiger partial charge < -0.3 is 25.2 Å². The average molecular weight is 376 g/mol. The molecule has 1 aromatic carbocycles. The number of carbonyl (C=O) groups is 1. The summed E-state index contributed by atoms with van der Waals surface area (Å²) in [6.45, 7) is 6.95. The van der Waals surface area contributed by atoms with Gasteiger partial charge >= 0.3 is 0 Å². The molecule has 1 aromatic heterocycles. The molecule has 2 aromatic rings. The Morgan fingerprint density at radius 1 is 1.37 bits per heavy atom. The molecule has 1 aliphatic heterocycles. The van der Waals surface area contributed by atoms with Crippen LogP contribution in [0.3, 0.4) is 0 Å². The number of hydrogen-bond acceptors (Lipinski definition) is 5. The van der Waals surface area contributed by atoms with Crippen LogP contribution >= 0.6 is 0 Å². The van der Waals surface area contributed by atoms with E-state index in [0.29, 0.717) is 30.8 Å². The number of amides is 1. The highest BCUT2D eigenvalue weighted by molar-refractivity contribution is 5.97. The maximum Gasteiger partial charge on any atom is 0.256 e. The van der Waals surface area contributed by atoms with Crippen LogP contribution < -0.4 is 21.0 Å². The van der Waals surface area contributed by atoms with Crippen LogP contribution in [0.15, 0.2) is 23.1 Å². The highest BCUT2D eigenvalue weighted by atomic mass is 19.1. The third-order valence-corrected chi connectivity index (χ3v) is 4.75. The Kier molecular flexibility index (Phi) is 5.76. The summed E-state index contributed by atoms with van der Waals surface area (Å²) in [5.41, 5.74) is 0.504. The monoisotopic (exact) mass is 376 g/mol. The summed E-state index contributed by atoms with van der Waals surface area (Å²) in [6, 6.07) is 2.92. The van der Waals surface area contributed by atoms with Gasteiger partial charge in [-0.2, -0.15) is 0 Å². The number of nitrogens with zero attached hydrogens (tertiary/aromatic N) is 2. The summed E-state index contributed by atoms with van der Waals surface area (Å²) < 4.78 is 16.5. The summed E-state index contributed by atoms with van der Waals surface area (Å²) in [5.74, 6) is -1.04. The van der Waals surface area contributed by atoms with Gasteiger partial charge in [-0.3, -0.25) is 9.59 Å². The van der Waals surface area contributed by atoms with Crippen molar-refractivity contribution in [1.29, 1.82) is 0 Å². The largest absolute Gasteiger partial charge is 0.392 e. The molecule has 1 atom stereocenters. The van der Waals surface area contributed by atoms with Crippen molar-refractivity contribution in [3.05, 3.63) is 39.9 Å². The fourth-order valence-electron chi connectivity index (χ4n) is 3.31. The molecule has 3 N–H and O–H groups in total. The molecule has 1 fully saturated rings. The summed E-state index contributed by atoms with van der Waals surface area (Å²) >= 11 is 0. The molecule has 0 spiro atoms. The Hall–Kier alpha value is -2.45. The van der Waals surface area contributed by atoms with Crippen LogP contribution in [0.5, 0.6) is 0 Å². The van der Waals surface area contributed by atoms with Crippen molar-refractivity contribution in [2.45, 2.75) is 26.5 Å². The van der Waals surface area contributed by atoms with Gasteiger partial charge in [0.25, 0.3) is 5.91 Å². The first-order chi connectivity index (χ1) is 12.9. The quantitative estimate of drug-likeness (QED) is 0.715. The first-order valence-corrected chi connectivity index (χ1v) is 9.21. The highest BCUT2D eigenvalue weighted by Crippen LogP contribution is 2.25. The molecule has 1 unspecified atom stereocenters. The second-order valence-corrected chi connectivity index (χ2v) is 6.77. The first kappa shape index (κ1) is 19.3. The number of carbonyl (C=O) groups excluding carboxylic acids is 1. The smallest absolute Gasteiger partial charge is 0.256 e. The van der Waals surface area contributed by atoms with Crippen LogP contribution in [0.4, 0.5) is 10.1 Å². The zero-order valence-corrected chi connectivity index (χ0v) is 15.6. The molecule has 7 nitrogen and oxygen atoms in total. The van der Waals surface area contributed by atoms with Gasteiger partial charge in [0.2, 0.25) is 5.43 Å². The van der Waals surface area contributed by atoms with Crippen molar-refractivity contribution in [3.8, 4) is 0 Å². The number of pyridine rings is 1. The van der Waals surface area contributed by atoms with E-state index in [1.165, 1.54) is 19.2 Å². The lowest BCUT2D eigenvalue weighted by molar-refractivity contribution is 0.0922. The van der Waals surface area contributed by atoms with E-state index in [1.54, 1.807) is 10.6 Å². The number of aromatic nitrogens is 1. The van der Waals surface area contributed by atoms with E-state index in [-0.39, 0.29) is 17.5 Å². The SMILES string of the molecule is CCn1cc(C(=O)NCC(C)O)c(=O)c2cc(F)c(N3CCNCC3)cc21. The van der Waals surface area contributed by atoms with Crippen molar-refractivity contribution in [2.24, 2.45) is 0 Å². The molecule has 2 heterocycles. The van der Waals surface area contributed by atoms with Crippen LogP contribution in [0, 0.1) is 5.82 Å². The Labute approximate surface area is 156 Å². The predicted molar refractivity (Wildman–Crippen MR) is 103 cm³/mol. The molecule has 0 aliphatic carbocycles. The van der Waals surface area contributed by atoms with Crippen molar-refractivity contribution in [2.75, 3.05) is 37.6 Å². The maximum atomic E-state index is 14.8. The van der Waals surface area contributed by atoms with E-state index in [4.69, 9.17) is 0 Å². The topological polar surface area (TPSA) is 86.6 Å². The average Bonchev–Trinajstić information content (AvgIpc) is 2.67. The number of fused-ring (bicyclic) bond motifs is 1. The predicted octanol–water partition coefficient (Wildman–Crippen LogP) is 0.681. The minimum Gasteiger partial charge on any atom is -0.392 e. The zero-order valence-electron chi connectivity index (χ0n) is 15.6. The molecule has 0 bridgehead atoms. The molecule has 0 saturated carbocycles. The Balaban J connectivity index is 2.09. The molecule has 0 radical (unpaired) electrons. The molecule has 146 valence electrons. The Morgan fingerprint density at radius 2 is 2.07 bits per heavy atom. The molecule has 1 aliphatic rings. The van der Waals surface area contributed by atoms with E-state index in [0.717, 1.165) is 13.1 Å².